The van der Waals surface area contributed by atoms with Gasteiger partial charge in [-0.1, -0.05) is 72.4 Å². The smallest absolute Gasteiger partial charge is 0.465 e. The zero-order valence-corrected chi connectivity index (χ0v) is 21.6. The molecule has 32 heavy (non-hydrogen) atoms. The third kappa shape index (κ3) is 12.5. The zero-order chi connectivity index (χ0) is 24.0. The molecule has 0 heterocycles. The molecular weight excluding hydrogens is 420 g/mol. The average Bonchev–Trinajstić information content (AvgIpc) is 2.71. The highest BCUT2D eigenvalue weighted by Gasteiger charge is 2.23. The van der Waals surface area contributed by atoms with Crippen molar-refractivity contribution in [1.82, 2.24) is 0 Å². The topological polar surface area (TPSA) is 61.8 Å². The number of carbonyl (C=O) groups excluding carboxylic acids is 2. The van der Waals surface area contributed by atoms with Crippen LogP contribution in [0.3, 0.4) is 0 Å². The summed E-state index contributed by atoms with van der Waals surface area (Å²) >= 11 is 0. The van der Waals surface area contributed by atoms with Gasteiger partial charge < -0.3 is 14.2 Å². The largest absolute Gasteiger partial charge is 0.507 e. The molecule has 0 fully saturated rings. The molecule has 178 valence electrons. The van der Waals surface area contributed by atoms with E-state index in [9.17, 15) is 9.59 Å². The highest BCUT2D eigenvalue weighted by molar-refractivity contribution is 6.81. The van der Waals surface area contributed by atoms with Crippen LogP contribution >= 0.6 is 0 Å². The summed E-state index contributed by atoms with van der Waals surface area (Å²) in [6.45, 7) is 11.1. The van der Waals surface area contributed by atoms with Gasteiger partial charge in [-0.2, -0.15) is 0 Å². The van der Waals surface area contributed by atoms with E-state index < -0.39 is 19.6 Å². The van der Waals surface area contributed by atoms with Crippen LogP contribution in [-0.2, 0) is 25.0 Å². The Bertz CT molecular complexity index is 760. The SMILES string of the molecule is COC(=O)OCCC/C=C/C/C(=C/[Si](C)(C)Cc1ccccc1)CCOC(=O)C(C)(C)C. The molecule has 0 radical (unpaired) electrons. The molecule has 0 atom stereocenters. The summed E-state index contributed by atoms with van der Waals surface area (Å²) in [5.41, 5.74) is 4.63. The van der Waals surface area contributed by atoms with Crippen LogP contribution in [0.15, 0.2) is 53.8 Å². The zero-order valence-electron chi connectivity index (χ0n) is 20.6. The Morgan fingerprint density at radius 3 is 2.31 bits per heavy atom. The molecule has 1 aromatic carbocycles. The van der Waals surface area contributed by atoms with Gasteiger partial charge in [0, 0.05) is 6.42 Å². The van der Waals surface area contributed by atoms with Gasteiger partial charge in [0.25, 0.3) is 0 Å². The number of esters is 1. The number of benzene rings is 1. The molecule has 0 bridgehead atoms. The maximum atomic E-state index is 12.1. The van der Waals surface area contributed by atoms with Crippen LogP contribution in [0.4, 0.5) is 4.79 Å². The molecule has 0 aromatic heterocycles. The number of rotatable bonds is 12. The van der Waals surface area contributed by atoms with Crippen molar-refractivity contribution < 1.29 is 23.8 Å². The number of allylic oxidation sites excluding steroid dienone is 2. The van der Waals surface area contributed by atoms with E-state index in [0.29, 0.717) is 13.2 Å². The fourth-order valence-electron chi connectivity index (χ4n) is 3.22. The molecule has 1 rings (SSSR count). The molecule has 0 aliphatic rings. The molecule has 0 unspecified atom stereocenters. The fourth-order valence-corrected chi connectivity index (χ4v) is 5.98. The van der Waals surface area contributed by atoms with E-state index in [1.165, 1.54) is 18.2 Å². The third-order valence-electron chi connectivity index (χ3n) is 4.81. The number of unbranched alkanes of at least 4 members (excludes halogenated alkanes) is 1. The summed E-state index contributed by atoms with van der Waals surface area (Å²) in [5.74, 6) is -0.168. The first-order valence-electron chi connectivity index (χ1n) is 11.3. The fraction of sp³-hybridized carbons (Fsp3) is 0.538. The van der Waals surface area contributed by atoms with Gasteiger partial charge in [0.2, 0.25) is 0 Å². The van der Waals surface area contributed by atoms with Crippen LogP contribution in [0.25, 0.3) is 0 Å². The van der Waals surface area contributed by atoms with Crippen LogP contribution in [0, 0.1) is 5.41 Å². The van der Waals surface area contributed by atoms with Crippen LogP contribution in [0.2, 0.25) is 13.1 Å². The lowest BCUT2D eigenvalue weighted by Gasteiger charge is -2.21. The summed E-state index contributed by atoms with van der Waals surface area (Å²) in [5, 5.41) is 0. The summed E-state index contributed by atoms with van der Waals surface area (Å²) in [6, 6.07) is 11.7. The first-order chi connectivity index (χ1) is 15.0. The predicted octanol–water partition coefficient (Wildman–Crippen LogP) is 6.43. The van der Waals surface area contributed by atoms with Gasteiger partial charge in [-0.3, -0.25) is 4.79 Å². The van der Waals surface area contributed by atoms with Crippen molar-refractivity contribution in [2.24, 2.45) is 5.41 Å². The summed E-state index contributed by atoms with van der Waals surface area (Å²) in [4.78, 5) is 23.1. The molecule has 0 saturated heterocycles. The van der Waals surface area contributed by atoms with Crippen LogP contribution < -0.4 is 0 Å². The van der Waals surface area contributed by atoms with Gasteiger partial charge in [0.05, 0.1) is 33.8 Å². The second-order valence-corrected chi connectivity index (χ2v) is 14.3. The van der Waals surface area contributed by atoms with E-state index in [1.54, 1.807) is 0 Å². The first kappa shape index (κ1) is 27.7. The van der Waals surface area contributed by atoms with E-state index in [2.05, 4.69) is 59.9 Å². The average molecular weight is 461 g/mol. The second-order valence-electron chi connectivity index (χ2n) is 9.71. The summed E-state index contributed by atoms with van der Waals surface area (Å²) in [6.07, 6.45) is 6.77. The minimum atomic E-state index is -1.63. The number of methoxy groups -OCH3 is 1. The lowest BCUT2D eigenvalue weighted by molar-refractivity contribution is -0.152. The van der Waals surface area contributed by atoms with Gasteiger partial charge in [-0.05, 0) is 46.1 Å². The Labute approximate surface area is 194 Å². The van der Waals surface area contributed by atoms with Gasteiger partial charge >= 0.3 is 12.1 Å². The number of carbonyl (C=O) groups is 2. The van der Waals surface area contributed by atoms with Crippen molar-refractivity contribution in [3.05, 3.63) is 59.3 Å². The van der Waals surface area contributed by atoms with E-state index in [-0.39, 0.29) is 5.97 Å². The van der Waals surface area contributed by atoms with Gasteiger partial charge in [-0.15, -0.1) is 0 Å². The molecule has 0 aliphatic carbocycles. The van der Waals surface area contributed by atoms with Crippen LogP contribution in [0.5, 0.6) is 0 Å². The summed E-state index contributed by atoms with van der Waals surface area (Å²) in [7, 11) is -0.324. The Morgan fingerprint density at radius 2 is 1.69 bits per heavy atom. The standard InChI is InChI=1S/C26H40O5Si/c1-26(2,3)24(27)30-19-17-23(16-10-7-8-13-18-31-25(28)29-4)21-32(5,6)20-22-14-11-9-12-15-22/h7,9-12,14-15,21H,8,13,16-20H2,1-6H3/b10-7+,23-21-. The number of hydrogen-bond donors (Lipinski definition) is 0. The Hall–Kier alpha value is -2.34. The Morgan fingerprint density at radius 1 is 1.00 bits per heavy atom. The highest BCUT2D eigenvalue weighted by Crippen LogP contribution is 2.20. The highest BCUT2D eigenvalue weighted by atomic mass is 28.3. The van der Waals surface area contributed by atoms with Gasteiger partial charge in [-0.25, -0.2) is 4.79 Å². The third-order valence-corrected chi connectivity index (χ3v) is 7.32. The molecule has 0 spiro atoms. The predicted molar refractivity (Wildman–Crippen MR) is 132 cm³/mol. The minimum Gasteiger partial charge on any atom is -0.465 e. The molecule has 0 saturated carbocycles. The molecule has 6 heteroatoms. The van der Waals surface area contributed by atoms with Crippen molar-refractivity contribution in [3.8, 4) is 0 Å². The number of hydrogen-bond acceptors (Lipinski definition) is 5. The van der Waals surface area contributed by atoms with Crippen molar-refractivity contribution >= 4 is 20.2 Å². The second kappa shape index (κ2) is 13.9. The van der Waals surface area contributed by atoms with Crippen LogP contribution in [0.1, 0.15) is 52.0 Å². The van der Waals surface area contributed by atoms with Gasteiger partial charge in [0.1, 0.15) is 0 Å². The van der Waals surface area contributed by atoms with Crippen LogP contribution in [-0.4, -0.2) is 40.5 Å². The summed E-state index contributed by atoms with van der Waals surface area (Å²) < 4.78 is 14.9. The molecule has 0 aliphatic heterocycles. The molecule has 1 aromatic rings. The Balaban J connectivity index is 2.70. The van der Waals surface area contributed by atoms with Crippen molar-refractivity contribution in [3.63, 3.8) is 0 Å². The van der Waals surface area contributed by atoms with Crippen molar-refractivity contribution in [2.75, 3.05) is 20.3 Å². The van der Waals surface area contributed by atoms with E-state index >= 15 is 0 Å². The first-order valence-corrected chi connectivity index (χ1v) is 14.6. The van der Waals surface area contributed by atoms with Crippen molar-refractivity contribution in [2.45, 2.75) is 65.6 Å². The lowest BCUT2D eigenvalue weighted by atomic mass is 9.97. The monoisotopic (exact) mass is 460 g/mol. The molecular formula is C26H40O5Si. The molecule has 0 amide bonds. The Kier molecular flexibility index (Phi) is 12.1. The van der Waals surface area contributed by atoms with E-state index in [1.807, 2.05) is 26.8 Å². The van der Waals surface area contributed by atoms with Crippen molar-refractivity contribution in [1.29, 1.82) is 0 Å². The normalized spacial score (nSPS) is 12.6. The molecule has 5 nitrogen and oxygen atoms in total. The number of ether oxygens (including phenoxy) is 3. The lowest BCUT2D eigenvalue weighted by Crippen LogP contribution is -2.28. The van der Waals surface area contributed by atoms with Gasteiger partial charge in [0.15, 0.2) is 0 Å². The van der Waals surface area contributed by atoms with E-state index in [4.69, 9.17) is 9.47 Å². The maximum Gasteiger partial charge on any atom is 0.507 e. The molecule has 0 N–H and O–H groups in total. The maximum absolute atomic E-state index is 12.1. The quantitative estimate of drug-likeness (QED) is 0.156. The minimum absolute atomic E-state index is 0.168. The van der Waals surface area contributed by atoms with E-state index in [0.717, 1.165) is 31.7 Å².